The van der Waals surface area contributed by atoms with Gasteiger partial charge in [-0.2, -0.15) is 0 Å². The highest BCUT2D eigenvalue weighted by Crippen LogP contribution is 2.39. The zero-order valence-electron chi connectivity index (χ0n) is 7.63. The number of hydrogen-bond donors (Lipinski definition) is 1. The average Bonchev–Trinajstić information content (AvgIpc) is 2.42. The number of rotatable bonds is 1. The van der Waals surface area contributed by atoms with Crippen molar-refractivity contribution < 1.29 is 18.6 Å². The van der Waals surface area contributed by atoms with Crippen molar-refractivity contribution in [2.45, 2.75) is 25.6 Å². The Bertz CT molecular complexity index is 365. The monoisotopic (exact) mass is 200 g/mol. The molecule has 1 N–H and O–H groups in total. The molecule has 0 amide bonds. The Morgan fingerprint density at radius 3 is 2.79 bits per heavy atom. The first kappa shape index (κ1) is 9.40. The van der Waals surface area contributed by atoms with Gasteiger partial charge >= 0.3 is 0 Å². The summed E-state index contributed by atoms with van der Waals surface area (Å²) < 4.78 is 31.2. The Balaban J connectivity index is 2.48. The number of halogens is 2. The topological polar surface area (TPSA) is 29.5 Å². The number of aliphatic hydroxyl groups is 1. The summed E-state index contributed by atoms with van der Waals surface area (Å²) in [5, 5.41) is 9.63. The molecule has 1 aromatic rings. The number of ether oxygens (including phenoxy) is 1. The third-order valence-electron chi connectivity index (χ3n) is 2.38. The summed E-state index contributed by atoms with van der Waals surface area (Å²) in [6.45, 7) is 1.81. The fourth-order valence-corrected chi connectivity index (χ4v) is 1.67. The van der Waals surface area contributed by atoms with Crippen LogP contribution in [0, 0.1) is 11.6 Å². The molecule has 76 valence electrons. The van der Waals surface area contributed by atoms with Crippen LogP contribution in [0.5, 0.6) is 5.75 Å². The summed E-state index contributed by atoms with van der Waals surface area (Å²) in [5.74, 6) is -1.32. The van der Waals surface area contributed by atoms with Crippen molar-refractivity contribution in [2.75, 3.05) is 0 Å². The van der Waals surface area contributed by atoms with E-state index < -0.39 is 23.8 Å². The fourth-order valence-electron chi connectivity index (χ4n) is 1.67. The molecule has 0 aromatic heterocycles. The second-order valence-corrected chi connectivity index (χ2v) is 3.31. The van der Waals surface area contributed by atoms with Crippen LogP contribution in [0.15, 0.2) is 12.1 Å². The maximum atomic E-state index is 13.2. The number of fused-ring (bicyclic) bond motifs is 1. The molecule has 0 saturated heterocycles. The van der Waals surface area contributed by atoms with E-state index >= 15 is 0 Å². The molecule has 1 heterocycles. The van der Waals surface area contributed by atoms with E-state index in [4.69, 9.17) is 4.74 Å². The molecule has 0 saturated carbocycles. The van der Waals surface area contributed by atoms with Crippen LogP contribution < -0.4 is 4.74 Å². The van der Waals surface area contributed by atoms with Gasteiger partial charge in [0.1, 0.15) is 29.6 Å². The molecule has 14 heavy (non-hydrogen) atoms. The molecule has 0 radical (unpaired) electrons. The van der Waals surface area contributed by atoms with E-state index in [1.54, 1.807) is 0 Å². The van der Waals surface area contributed by atoms with Crippen LogP contribution in [-0.4, -0.2) is 11.2 Å². The molecule has 0 bridgehead atoms. The number of hydrogen-bond acceptors (Lipinski definition) is 2. The Kier molecular flexibility index (Phi) is 2.15. The van der Waals surface area contributed by atoms with Gasteiger partial charge in [-0.3, -0.25) is 0 Å². The van der Waals surface area contributed by atoms with Crippen LogP contribution in [0.3, 0.4) is 0 Å². The van der Waals surface area contributed by atoms with Gasteiger partial charge in [-0.25, -0.2) is 8.78 Å². The Labute approximate surface area is 80.1 Å². The Hall–Kier alpha value is -1.16. The van der Waals surface area contributed by atoms with Gasteiger partial charge in [-0.05, 0) is 6.42 Å². The molecule has 0 aliphatic carbocycles. The van der Waals surface area contributed by atoms with Gasteiger partial charge in [0.2, 0.25) is 0 Å². The van der Waals surface area contributed by atoms with E-state index in [0.29, 0.717) is 6.42 Å². The Morgan fingerprint density at radius 2 is 2.14 bits per heavy atom. The molecular formula is C10H10F2O2. The van der Waals surface area contributed by atoms with Gasteiger partial charge in [-0.1, -0.05) is 6.92 Å². The first-order valence-electron chi connectivity index (χ1n) is 4.47. The van der Waals surface area contributed by atoms with E-state index in [1.165, 1.54) is 0 Å². The molecule has 0 fully saturated rings. The lowest BCUT2D eigenvalue weighted by molar-refractivity contribution is 0.0639. The van der Waals surface area contributed by atoms with Crippen molar-refractivity contribution in [3.8, 4) is 5.75 Å². The van der Waals surface area contributed by atoms with Crippen LogP contribution in [0.2, 0.25) is 0 Å². The summed E-state index contributed by atoms with van der Waals surface area (Å²) in [4.78, 5) is 0. The lowest BCUT2D eigenvalue weighted by Gasteiger charge is -2.10. The lowest BCUT2D eigenvalue weighted by Crippen LogP contribution is -2.17. The summed E-state index contributed by atoms with van der Waals surface area (Å²) >= 11 is 0. The van der Waals surface area contributed by atoms with E-state index in [2.05, 4.69) is 0 Å². The minimum Gasteiger partial charge on any atom is -0.487 e. The molecule has 2 atom stereocenters. The zero-order valence-corrected chi connectivity index (χ0v) is 7.63. The normalized spacial score (nSPS) is 24.6. The van der Waals surface area contributed by atoms with Crippen LogP contribution in [0.1, 0.15) is 25.0 Å². The minimum atomic E-state index is -0.990. The van der Waals surface area contributed by atoms with Gasteiger partial charge in [0.25, 0.3) is 0 Å². The van der Waals surface area contributed by atoms with Gasteiger partial charge in [0.15, 0.2) is 0 Å². The van der Waals surface area contributed by atoms with E-state index in [0.717, 1.165) is 12.1 Å². The number of benzene rings is 1. The third-order valence-corrected chi connectivity index (χ3v) is 2.38. The predicted octanol–water partition coefficient (Wildman–Crippen LogP) is 2.17. The molecule has 2 rings (SSSR count). The summed E-state index contributed by atoms with van der Waals surface area (Å²) in [6, 6.07) is 1.85. The van der Waals surface area contributed by atoms with Crippen LogP contribution in [0.25, 0.3) is 0 Å². The van der Waals surface area contributed by atoms with Crippen LogP contribution >= 0.6 is 0 Å². The summed E-state index contributed by atoms with van der Waals surface area (Å²) in [5.41, 5.74) is 0.0678. The van der Waals surface area contributed by atoms with Crippen molar-refractivity contribution >= 4 is 0 Å². The molecule has 1 aliphatic heterocycles. The largest absolute Gasteiger partial charge is 0.487 e. The fraction of sp³-hybridized carbons (Fsp3) is 0.400. The van der Waals surface area contributed by atoms with Gasteiger partial charge in [-0.15, -0.1) is 0 Å². The number of aliphatic hydroxyl groups excluding tert-OH is 1. The standard InChI is InChI=1S/C10H10F2O2/c1-2-7-10(13)9-6(12)3-5(11)4-8(9)14-7/h3-4,7,10,13H,2H2,1H3. The maximum Gasteiger partial charge on any atom is 0.135 e. The molecule has 0 spiro atoms. The van der Waals surface area contributed by atoms with E-state index in [9.17, 15) is 13.9 Å². The maximum absolute atomic E-state index is 13.2. The second-order valence-electron chi connectivity index (χ2n) is 3.31. The van der Waals surface area contributed by atoms with Crippen molar-refractivity contribution in [1.82, 2.24) is 0 Å². The quantitative estimate of drug-likeness (QED) is 0.752. The smallest absolute Gasteiger partial charge is 0.135 e. The van der Waals surface area contributed by atoms with E-state index in [-0.39, 0.29) is 11.3 Å². The van der Waals surface area contributed by atoms with Gasteiger partial charge in [0, 0.05) is 12.1 Å². The highest BCUT2D eigenvalue weighted by molar-refractivity contribution is 5.41. The average molecular weight is 200 g/mol. The second kappa shape index (κ2) is 3.20. The first-order valence-corrected chi connectivity index (χ1v) is 4.47. The Morgan fingerprint density at radius 1 is 1.43 bits per heavy atom. The van der Waals surface area contributed by atoms with Crippen molar-refractivity contribution in [3.63, 3.8) is 0 Å². The third kappa shape index (κ3) is 1.26. The van der Waals surface area contributed by atoms with E-state index in [1.807, 2.05) is 6.92 Å². The SMILES string of the molecule is CCC1Oc2cc(F)cc(F)c2C1O. The van der Waals surface area contributed by atoms with Crippen LogP contribution in [-0.2, 0) is 0 Å². The summed E-state index contributed by atoms with van der Waals surface area (Å²) in [6.07, 6.45) is -0.909. The molecule has 1 aliphatic rings. The minimum absolute atomic E-state index is 0.0678. The lowest BCUT2D eigenvalue weighted by atomic mass is 10.0. The highest BCUT2D eigenvalue weighted by Gasteiger charge is 2.34. The molecule has 4 heteroatoms. The molecule has 1 aromatic carbocycles. The zero-order chi connectivity index (χ0) is 10.3. The molecule has 2 nitrogen and oxygen atoms in total. The van der Waals surface area contributed by atoms with Crippen molar-refractivity contribution in [2.24, 2.45) is 0 Å². The molecule has 2 unspecified atom stereocenters. The highest BCUT2D eigenvalue weighted by atomic mass is 19.1. The van der Waals surface area contributed by atoms with Crippen LogP contribution in [0.4, 0.5) is 8.78 Å². The van der Waals surface area contributed by atoms with Gasteiger partial charge < -0.3 is 9.84 Å². The van der Waals surface area contributed by atoms with Gasteiger partial charge in [0.05, 0.1) is 5.56 Å². The predicted molar refractivity (Wildman–Crippen MR) is 46.0 cm³/mol. The summed E-state index contributed by atoms with van der Waals surface area (Å²) in [7, 11) is 0. The first-order chi connectivity index (χ1) is 6.63. The van der Waals surface area contributed by atoms with Crippen molar-refractivity contribution in [3.05, 3.63) is 29.3 Å². The van der Waals surface area contributed by atoms with Crippen molar-refractivity contribution in [1.29, 1.82) is 0 Å². The molecular weight excluding hydrogens is 190 g/mol.